The molecule has 5 rings (SSSR count). The van der Waals surface area contributed by atoms with Crippen molar-refractivity contribution in [3.8, 4) is 11.1 Å². The monoisotopic (exact) mass is 476 g/mol. The minimum absolute atomic E-state index is 0.00756. The first-order valence-electron chi connectivity index (χ1n) is 12.6. The fourth-order valence-corrected chi connectivity index (χ4v) is 6.08. The Morgan fingerprint density at radius 2 is 1.66 bits per heavy atom. The van der Waals surface area contributed by atoms with E-state index in [1.807, 2.05) is 31.2 Å². The van der Waals surface area contributed by atoms with Crippen molar-refractivity contribution in [3.63, 3.8) is 0 Å². The molecular weight excluding hydrogens is 444 g/mol. The minimum atomic E-state index is -0.841. The van der Waals surface area contributed by atoms with E-state index in [2.05, 4.69) is 29.6 Å². The number of carbonyl (C=O) groups is 3. The second-order valence-corrected chi connectivity index (χ2v) is 10.2. The van der Waals surface area contributed by atoms with Crippen molar-refractivity contribution in [1.82, 2.24) is 10.2 Å². The first-order chi connectivity index (χ1) is 16.9. The Hall–Kier alpha value is -3.35. The molecular formula is C28H32N2O5. The molecule has 3 aliphatic rings. The Morgan fingerprint density at radius 1 is 1.00 bits per heavy atom. The summed E-state index contributed by atoms with van der Waals surface area (Å²) in [6, 6.07) is 16.3. The third-order valence-electron chi connectivity index (χ3n) is 7.93. The van der Waals surface area contributed by atoms with Crippen LogP contribution in [0.2, 0.25) is 0 Å². The highest BCUT2D eigenvalue weighted by atomic mass is 16.5. The molecule has 2 fully saturated rings. The van der Waals surface area contributed by atoms with Crippen LogP contribution < -0.4 is 5.32 Å². The lowest BCUT2D eigenvalue weighted by Crippen LogP contribution is -2.43. The average molecular weight is 477 g/mol. The highest BCUT2D eigenvalue weighted by Crippen LogP contribution is 2.44. The Balaban J connectivity index is 1.16. The van der Waals surface area contributed by atoms with Crippen molar-refractivity contribution in [3.05, 3.63) is 59.7 Å². The van der Waals surface area contributed by atoms with Crippen LogP contribution in [0.1, 0.15) is 49.7 Å². The lowest BCUT2D eigenvalue weighted by Gasteiger charge is -2.31. The van der Waals surface area contributed by atoms with Crippen molar-refractivity contribution in [2.45, 2.75) is 44.6 Å². The highest BCUT2D eigenvalue weighted by Gasteiger charge is 2.40. The molecule has 1 aliphatic heterocycles. The highest BCUT2D eigenvalue weighted by molar-refractivity contribution is 5.81. The van der Waals surface area contributed by atoms with Crippen LogP contribution in [0.4, 0.5) is 4.79 Å². The number of nitrogens with zero attached hydrogens (tertiary/aromatic N) is 1. The molecule has 0 spiro atoms. The molecule has 7 heteroatoms. The van der Waals surface area contributed by atoms with Gasteiger partial charge in [-0.2, -0.15) is 0 Å². The second kappa shape index (κ2) is 9.72. The summed E-state index contributed by atoms with van der Waals surface area (Å²) in [6.45, 7) is 2.90. The molecule has 0 unspecified atom stereocenters. The number of hydrogen-bond acceptors (Lipinski definition) is 4. The lowest BCUT2D eigenvalue weighted by atomic mass is 9.85. The number of alkyl carbamates (subject to hydrolysis) is 1. The number of ether oxygens (including phenoxy) is 1. The van der Waals surface area contributed by atoms with E-state index < -0.39 is 18.0 Å². The largest absolute Gasteiger partial charge is 0.481 e. The molecule has 0 radical (unpaired) electrons. The maximum atomic E-state index is 13.1. The van der Waals surface area contributed by atoms with Gasteiger partial charge in [0.1, 0.15) is 6.61 Å². The molecule has 7 nitrogen and oxygen atoms in total. The van der Waals surface area contributed by atoms with Crippen LogP contribution in [-0.2, 0) is 14.3 Å². The fourth-order valence-electron chi connectivity index (χ4n) is 6.08. The molecule has 2 aromatic carbocycles. The van der Waals surface area contributed by atoms with Gasteiger partial charge in [-0.25, -0.2) is 4.79 Å². The van der Waals surface area contributed by atoms with Crippen molar-refractivity contribution in [2.75, 3.05) is 19.7 Å². The van der Waals surface area contributed by atoms with E-state index in [0.29, 0.717) is 13.0 Å². The maximum absolute atomic E-state index is 13.1. The van der Waals surface area contributed by atoms with E-state index in [1.165, 1.54) is 22.3 Å². The molecule has 2 aromatic rings. The van der Waals surface area contributed by atoms with E-state index in [-0.39, 0.29) is 42.9 Å². The van der Waals surface area contributed by atoms with Gasteiger partial charge in [0.25, 0.3) is 0 Å². The van der Waals surface area contributed by atoms with Crippen LogP contribution in [0.25, 0.3) is 11.1 Å². The third kappa shape index (κ3) is 4.64. The molecule has 2 aliphatic carbocycles. The number of rotatable bonds is 5. The maximum Gasteiger partial charge on any atom is 0.407 e. The molecule has 4 atom stereocenters. The summed E-state index contributed by atoms with van der Waals surface area (Å²) < 4.78 is 5.68. The zero-order chi connectivity index (χ0) is 24.5. The zero-order valence-electron chi connectivity index (χ0n) is 20.0. The van der Waals surface area contributed by atoms with Gasteiger partial charge in [-0.05, 0) is 47.4 Å². The first kappa shape index (κ1) is 23.4. The number of hydrogen-bond donors (Lipinski definition) is 2. The van der Waals surface area contributed by atoms with Gasteiger partial charge in [-0.15, -0.1) is 0 Å². The van der Waals surface area contributed by atoms with E-state index in [1.54, 1.807) is 4.90 Å². The number of fused-ring (bicyclic) bond motifs is 3. The molecule has 1 saturated carbocycles. The lowest BCUT2D eigenvalue weighted by molar-refractivity contribution is -0.142. The zero-order valence-corrected chi connectivity index (χ0v) is 20.0. The van der Waals surface area contributed by atoms with Crippen LogP contribution in [0.15, 0.2) is 48.5 Å². The quantitative estimate of drug-likeness (QED) is 0.672. The number of likely N-dealkylation sites (tertiary alicyclic amines) is 1. The number of aliphatic carboxylic acids is 1. The van der Waals surface area contributed by atoms with Gasteiger partial charge in [-0.3, -0.25) is 9.59 Å². The summed E-state index contributed by atoms with van der Waals surface area (Å²) in [5.74, 6) is -1.56. The summed E-state index contributed by atoms with van der Waals surface area (Å²) in [5.41, 5.74) is 4.72. The topological polar surface area (TPSA) is 95.9 Å². The number of carboxylic acids is 1. The Bertz CT molecular complexity index is 1090. The van der Waals surface area contributed by atoms with Gasteiger partial charge < -0.3 is 20.1 Å². The van der Waals surface area contributed by atoms with Gasteiger partial charge in [-0.1, -0.05) is 61.9 Å². The molecule has 1 heterocycles. The summed E-state index contributed by atoms with van der Waals surface area (Å²) in [4.78, 5) is 38.9. The van der Waals surface area contributed by atoms with E-state index in [4.69, 9.17) is 4.74 Å². The van der Waals surface area contributed by atoms with E-state index in [0.717, 1.165) is 19.3 Å². The van der Waals surface area contributed by atoms with Crippen molar-refractivity contribution < 1.29 is 24.2 Å². The van der Waals surface area contributed by atoms with E-state index >= 15 is 0 Å². The van der Waals surface area contributed by atoms with Gasteiger partial charge in [0.15, 0.2) is 0 Å². The van der Waals surface area contributed by atoms with Crippen molar-refractivity contribution >= 4 is 18.0 Å². The first-order valence-corrected chi connectivity index (χ1v) is 12.6. The summed E-state index contributed by atoms with van der Waals surface area (Å²) >= 11 is 0. The Kier molecular flexibility index (Phi) is 6.50. The smallest absolute Gasteiger partial charge is 0.407 e. The number of amides is 2. The van der Waals surface area contributed by atoms with E-state index in [9.17, 15) is 19.5 Å². The molecule has 35 heavy (non-hydrogen) atoms. The Morgan fingerprint density at radius 3 is 2.29 bits per heavy atom. The number of carbonyl (C=O) groups excluding carboxylic acids is 2. The van der Waals surface area contributed by atoms with Crippen molar-refractivity contribution in [2.24, 2.45) is 17.8 Å². The normalized spacial score (nSPS) is 25.6. The minimum Gasteiger partial charge on any atom is -0.481 e. The van der Waals surface area contributed by atoms with Crippen LogP contribution in [0.5, 0.6) is 0 Å². The van der Waals surface area contributed by atoms with Crippen LogP contribution in [0.3, 0.4) is 0 Å². The van der Waals surface area contributed by atoms with Crippen molar-refractivity contribution in [1.29, 1.82) is 0 Å². The molecule has 0 bridgehead atoms. The van der Waals surface area contributed by atoms with Gasteiger partial charge in [0, 0.05) is 31.0 Å². The Labute approximate surface area is 205 Å². The average Bonchev–Trinajstić information content (AvgIpc) is 3.41. The van der Waals surface area contributed by atoms with Gasteiger partial charge in [0.05, 0.1) is 5.92 Å². The third-order valence-corrected chi connectivity index (χ3v) is 7.93. The van der Waals surface area contributed by atoms with Crippen LogP contribution in [-0.4, -0.2) is 53.7 Å². The molecule has 184 valence electrons. The molecule has 2 amide bonds. The number of carboxylic acid groups (broad SMARTS) is 1. The number of benzene rings is 2. The summed E-state index contributed by atoms with van der Waals surface area (Å²) in [7, 11) is 0. The molecule has 2 N–H and O–H groups in total. The van der Waals surface area contributed by atoms with Crippen LogP contribution >= 0.6 is 0 Å². The second-order valence-electron chi connectivity index (χ2n) is 10.2. The predicted molar refractivity (Wildman–Crippen MR) is 131 cm³/mol. The molecule has 0 aromatic heterocycles. The summed E-state index contributed by atoms with van der Waals surface area (Å²) in [6.07, 6.45) is 2.53. The predicted octanol–water partition coefficient (Wildman–Crippen LogP) is 4.26. The van der Waals surface area contributed by atoms with Gasteiger partial charge >= 0.3 is 12.1 Å². The number of nitrogens with one attached hydrogen (secondary N) is 1. The van der Waals surface area contributed by atoms with Gasteiger partial charge in [0.2, 0.25) is 5.91 Å². The standard InChI is InChI=1S/C28H32N2O5/c1-17-14-30(15-24(17)27(32)33)26(31)18-7-6-8-19(13-18)29-28(34)35-16-25-22-11-4-2-9-20(22)21-10-3-5-12-23(21)25/h2-5,9-12,17-19,24-25H,6-8,13-16H2,1H3,(H,29,34)(H,32,33)/t17-,18-,19-,24-/m1/s1. The fraction of sp³-hybridized carbons (Fsp3) is 0.464. The summed E-state index contributed by atoms with van der Waals surface area (Å²) in [5, 5.41) is 12.3. The SMILES string of the molecule is C[C@@H]1CN(C(=O)[C@@H]2CCC[C@@H](NC(=O)OCC3c4ccccc4-c4ccccc43)C2)C[C@H]1C(=O)O. The molecule has 1 saturated heterocycles. The van der Waals surface area contributed by atoms with Crippen LogP contribution in [0, 0.1) is 17.8 Å².